The van der Waals surface area contributed by atoms with Gasteiger partial charge in [-0.15, -0.1) is 0 Å². The van der Waals surface area contributed by atoms with E-state index in [-0.39, 0.29) is 0 Å². The highest BCUT2D eigenvalue weighted by Gasteiger charge is 2.25. The molecule has 0 amide bonds. The monoisotopic (exact) mass is 725 g/mol. The first-order chi connectivity index (χ1) is 28.3. The Hall–Kier alpha value is -7.62. The predicted octanol–water partition coefficient (Wildman–Crippen LogP) is 14.3. The molecular formula is C54H35N3. The maximum Gasteiger partial charge on any atom is 0.0627 e. The molecule has 9 aromatic carbocycles. The Kier molecular flexibility index (Phi) is 6.93. The van der Waals surface area contributed by atoms with Crippen LogP contribution in [-0.2, 0) is 0 Å². The van der Waals surface area contributed by atoms with Crippen molar-refractivity contribution in [1.82, 2.24) is 13.7 Å². The van der Waals surface area contributed by atoms with E-state index in [0.717, 1.165) is 17.1 Å². The van der Waals surface area contributed by atoms with E-state index in [1.807, 2.05) is 0 Å². The molecule has 0 atom stereocenters. The number of nitrogens with zero attached hydrogens (tertiary/aromatic N) is 3. The smallest absolute Gasteiger partial charge is 0.0627 e. The second-order valence-electron chi connectivity index (χ2n) is 14.9. The quantitative estimate of drug-likeness (QED) is 0.168. The van der Waals surface area contributed by atoms with Crippen LogP contribution in [0.5, 0.6) is 0 Å². The number of para-hydroxylation sites is 6. The van der Waals surface area contributed by atoms with Crippen LogP contribution in [0.3, 0.4) is 0 Å². The van der Waals surface area contributed by atoms with Gasteiger partial charge in [0.15, 0.2) is 0 Å². The second-order valence-corrected chi connectivity index (χ2v) is 14.9. The fourth-order valence-electron chi connectivity index (χ4n) is 9.46. The zero-order chi connectivity index (χ0) is 37.5. The SMILES string of the molecule is c1ccc(-c2cc3c(c4ccccc4n3-c3ccccc3)c3c4ccccc4n(-c4ccccc4-c4ccc5c(c4)c4ccccc4n5-c4ccccc4)c23)cc1. The Morgan fingerprint density at radius 3 is 1.44 bits per heavy atom. The molecule has 0 bridgehead atoms. The van der Waals surface area contributed by atoms with Crippen molar-refractivity contribution in [3.63, 3.8) is 0 Å². The number of rotatable bonds is 5. The summed E-state index contributed by atoms with van der Waals surface area (Å²) in [5.74, 6) is 0. The van der Waals surface area contributed by atoms with Crippen LogP contribution in [0.2, 0.25) is 0 Å². The fourth-order valence-corrected chi connectivity index (χ4v) is 9.46. The van der Waals surface area contributed by atoms with Crippen LogP contribution in [-0.4, -0.2) is 13.7 Å². The number of hydrogen-bond donors (Lipinski definition) is 0. The average Bonchev–Trinajstić information content (AvgIpc) is 3.92. The third-order valence-electron chi connectivity index (χ3n) is 11.8. The minimum absolute atomic E-state index is 1.15. The van der Waals surface area contributed by atoms with E-state index in [1.165, 1.54) is 87.7 Å². The van der Waals surface area contributed by atoms with Gasteiger partial charge in [0, 0.05) is 54.8 Å². The summed E-state index contributed by atoms with van der Waals surface area (Å²) < 4.78 is 7.36. The van der Waals surface area contributed by atoms with Crippen molar-refractivity contribution in [3.8, 4) is 39.3 Å². The van der Waals surface area contributed by atoms with Crippen LogP contribution in [0.4, 0.5) is 0 Å². The van der Waals surface area contributed by atoms with Crippen LogP contribution >= 0.6 is 0 Å². The fraction of sp³-hybridized carbons (Fsp3) is 0. The standard InChI is InChI=1S/C54H35N3/c1-4-18-36(19-5-1)44-35-51-52(42-26-12-16-30-48(42)56(51)39-22-8-3-9-23-39)53-43-27-13-17-31-49(43)57(54(44)53)46-28-14-10-24-40(46)37-32-33-50-45(34-37)41-25-11-15-29-47(41)55(50)38-20-6-2-7-21-38/h1-35H. The number of aromatic nitrogens is 3. The molecule has 0 radical (unpaired) electrons. The summed E-state index contributed by atoms with van der Waals surface area (Å²) in [5.41, 5.74) is 15.4. The molecule has 0 spiro atoms. The molecule has 3 aromatic heterocycles. The van der Waals surface area contributed by atoms with Crippen LogP contribution in [0.1, 0.15) is 0 Å². The van der Waals surface area contributed by atoms with Crippen LogP contribution in [0, 0.1) is 0 Å². The molecule has 57 heavy (non-hydrogen) atoms. The molecule has 0 saturated heterocycles. The van der Waals surface area contributed by atoms with Crippen molar-refractivity contribution in [1.29, 1.82) is 0 Å². The van der Waals surface area contributed by atoms with E-state index in [0.29, 0.717) is 0 Å². The molecule has 3 nitrogen and oxygen atoms in total. The van der Waals surface area contributed by atoms with Gasteiger partial charge in [-0.3, -0.25) is 0 Å². The van der Waals surface area contributed by atoms with Crippen LogP contribution < -0.4 is 0 Å². The van der Waals surface area contributed by atoms with Gasteiger partial charge in [0.25, 0.3) is 0 Å². The Bertz CT molecular complexity index is 3500. The zero-order valence-electron chi connectivity index (χ0n) is 31.0. The molecule has 266 valence electrons. The van der Waals surface area contributed by atoms with Crippen molar-refractivity contribution in [2.45, 2.75) is 0 Å². The maximum absolute atomic E-state index is 2.54. The van der Waals surface area contributed by atoms with Crippen molar-refractivity contribution in [3.05, 3.63) is 212 Å². The normalized spacial score (nSPS) is 11.9. The molecule has 0 aliphatic carbocycles. The Morgan fingerprint density at radius 1 is 0.263 bits per heavy atom. The first kappa shape index (κ1) is 31.7. The van der Waals surface area contributed by atoms with Gasteiger partial charge in [-0.25, -0.2) is 0 Å². The summed E-state index contributed by atoms with van der Waals surface area (Å²) in [4.78, 5) is 0. The molecule has 0 saturated carbocycles. The predicted molar refractivity (Wildman–Crippen MR) is 240 cm³/mol. The molecule has 0 unspecified atom stereocenters. The molecule has 0 N–H and O–H groups in total. The lowest BCUT2D eigenvalue weighted by molar-refractivity contribution is 1.17. The third kappa shape index (κ3) is 4.66. The van der Waals surface area contributed by atoms with Gasteiger partial charge < -0.3 is 13.7 Å². The summed E-state index contributed by atoms with van der Waals surface area (Å²) in [6.45, 7) is 0. The first-order valence-electron chi connectivity index (χ1n) is 19.6. The molecular weight excluding hydrogens is 691 g/mol. The lowest BCUT2D eigenvalue weighted by atomic mass is 9.97. The number of benzene rings is 9. The molecule has 3 heteroatoms. The first-order valence-corrected chi connectivity index (χ1v) is 19.6. The highest BCUT2D eigenvalue weighted by atomic mass is 15.0. The van der Waals surface area contributed by atoms with Crippen molar-refractivity contribution in [2.75, 3.05) is 0 Å². The van der Waals surface area contributed by atoms with Crippen molar-refractivity contribution in [2.24, 2.45) is 0 Å². The molecule has 12 aromatic rings. The molecule has 0 aliphatic rings. The summed E-state index contributed by atoms with van der Waals surface area (Å²) in [6.07, 6.45) is 0. The Labute approximate surface area is 329 Å². The van der Waals surface area contributed by atoms with Gasteiger partial charge in [0.1, 0.15) is 0 Å². The van der Waals surface area contributed by atoms with E-state index in [4.69, 9.17) is 0 Å². The average molecular weight is 726 g/mol. The van der Waals surface area contributed by atoms with E-state index in [2.05, 4.69) is 226 Å². The van der Waals surface area contributed by atoms with Gasteiger partial charge in [-0.1, -0.05) is 146 Å². The second kappa shape index (κ2) is 12.5. The summed E-state index contributed by atoms with van der Waals surface area (Å²) in [6, 6.07) is 77.4. The topological polar surface area (TPSA) is 14.8 Å². The zero-order valence-corrected chi connectivity index (χ0v) is 31.0. The van der Waals surface area contributed by atoms with E-state index < -0.39 is 0 Å². The highest BCUT2D eigenvalue weighted by Crippen LogP contribution is 2.47. The minimum Gasteiger partial charge on any atom is -0.309 e. The van der Waals surface area contributed by atoms with Crippen molar-refractivity contribution < 1.29 is 0 Å². The third-order valence-corrected chi connectivity index (χ3v) is 11.8. The van der Waals surface area contributed by atoms with E-state index in [9.17, 15) is 0 Å². The minimum atomic E-state index is 1.15. The summed E-state index contributed by atoms with van der Waals surface area (Å²) >= 11 is 0. The van der Waals surface area contributed by atoms with E-state index in [1.54, 1.807) is 0 Å². The van der Waals surface area contributed by atoms with E-state index >= 15 is 0 Å². The van der Waals surface area contributed by atoms with Crippen LogP contribution in [0.15, 0.2) is 212 Å². The summed E-state index contributed by atoms with van der Waals surface area (Å²) in [5, 5.41) is 7.51. The Morgan fingerprint density at radius 2 is 0.754 bits per heavy atom. The molecule has 3 heterocycles. The lowest BCUT2D eigenvalue weighted by Gasteiger charge is -2.17. The molecule has 0 aliphatic heterocycles. The van der Waals surface area contributed by atoms with Gasteiger partial charge in [-0.05, 0) is 77.9 Å². The highest BCUT2D eigenvalue weighted by molar-refractivity contribution is 6.31. The van der Waals surface area contributed by atoms with Gasteiger partial charge >= 0.3 is 0 Å². The number of fused-ring (bicyclic) bond motifs is 10. The largest absolute Gasteiger partial charge is 0.309 e. The summed E-state index contributed by atoms with van der Waals surface area (Å²) in [7, 11) is 0. The van der Waals surface area contributed by atoms with Crippen LogP contribution in [0.25, 0.3) is 105 Å². The van der Waals surface area contributed by atoms with Gasteiger partial charge in [0.2, 0.25) is 0 Å². The Balaban J connectivity index is 1.21. The van der Waals surface area contributed by atoms with Crippen molar-refractivity contribution >= 4 is 65.4 Å². The maximum atomic E-state index is 2.54. The lowest BCUT2D eigenvalue weighted by Crippen LogP contribution is -1.99. The molecule has 0 fully saturated rings. The number of hydrogen-bond acceptors (Lipinski definition) is 0. The molecule has 12 rings (SSSR count). The van der Waals surface area contributed by atoms with Gasteiger partial charge in [0.05, 0.1) is 38.8 Å². The van der Waals surface area contributed by atoms with Gasteiger partial charge in [-0.2, -0.15) is 0 Å².